The van der Waals surface area contributed by atoms with Crippen LogP contribution in [0, 0.1) is 11.8 Å². The molecule has 0 aliphatic carbocycles. The zero-order valence-corrected chi connectivity index (χ0v) is 10.7. The van der Waals surface area contributed by atoms with Crippen LogP contribution in [0.5, 0.6) is 0 Å². The van der Waals surface area contributed by atoms with Gasteiger partial charge in [0.1, 0.15) is 6.61 Å². The van der Waals surface area contributed by atoms with Crippen molar-refractivity contribution in [2.24, 2.45) is 0 Å². The number of carbonyl (C=O) groups is 1. The van der Waals surface area contributed by atoms with Crippen LogP contribution in [0.1, 0.15) is 18.1 Å². The van der Waals surface area contributed by atoms with Gasteiger partial charge in [0.15, 0.2) is 0 Å². The van der Waals surface area contributed by atoms with E-state index in [0.29, 0.717) is 13.1 Å². The highest BCUT2D eigenvalue weighted by Crippen LogP contribution is 2.06. The summed E-state index contributed by atoms with van der Waals surface area (Å²) in [5.74, 6) is 5.42. The van der Waals surface area contributed by atoms with Gasteiger partial charge in [0.2, 0.25) is 0 Å². The van der Waals surface area contributed by atoms with Crippen LogP contribution in [-0.2, 0) is 6.54 Å². The molecule has 0 unspecified atom stereocenters. The Morgan fingerprint density at radius 1 is 1.39 bits per heavy atom. The van der Waals surface area contributed by atoms with Crippen LogP contribution >= 0.6 is 0 Å². The molecule has 2 amide bonds. The van der Waals surface area contributed by atoms with Crippen molar-refractivity contribution in [2.75, 3.05) is 20.2 Å². The van der Waals surface area contributed by atoms with Crippen LogP contribution < -0.4 is 5.32 Å². The van der Waals surface area contributed by atoms with Gasteiger partial charge in [-0.1, -0.05) is 24.0 Å². The molecule has 0 aliphatic heterocycles. The van der Waals surface area contributed by atoms with E-state index in [1.807, 2.05) is 31.2 Å². The molecule has 1 aromatic rings. The van der Waals surface area contributed by atoms with Crippen molar-refractivity contribution >= 4 is 6.03 Å². The van der Waals surface area contributed by atoms with E-state index >= 15 is 0 Å². The number of aliphatic hydroxyl groups is 1. The molecule has 0 aromatic heterocycles. The highest BCUT2D eigenvalue weighted by molar-refractivity contribution is 5.73. The van der Waals surface area contributed by atoms with Crippen molar-refractivity contribution in [2.45, 2.75) is 13.5 Å². The third-order valence-electron chi connectivity index (χ3n) is 2.36. The first-order valence-corrected chi connectivity index (χ1v) is 5.85. The summed E-state index contributed by atoms with van der Waals surface area (Å²) in [7, 11) is 1.75. The molecule has 0 spiro atoms. The van der Waals surface area contributed by atoms with Crippen molar-refractivity contribution < 1.29 is 9.90 Å². The van der Waals surface area contributed by atoms with Crippen LogP contribution in [0.25, 0.3) is 0 Å². The van der Waals surface area contributed by atoms with E-state index in [1.165, 1.54) is 0 Å². The quantitative estimate of drug-likeness (QED) is 0.787. The van der Waals surface area contributed by atoms with Gasteiger partial charge in [0.25, 0.3) is 0 Å². The summed E-state index contributed by atoms with van der Waals surface area (Å²) >= 11 is 0. The van der Waals surface area contributed by atoms with Crippen LogP contribution in [0.15, 0.2) is 24.3 Å². The fourth-order valence-electron chi connectivity index (χ4n) is 1.47. The molecule has 0 bridgehead atoms. The number of carbonyl (C=O) groups excluding carboxylic acids is 1. The number of aliphatic hydroxyl groups excluding tert-OH is 1. The normalized spacial score (nSPS) is 9.28. The minimum atomic E-state index is -0.137. The fourth-order valence-corrected chi connectivity index (χ4v) is 1.47. The van der Waals surface area contributed by atoms with E-state index < -0.39 is 0 Å². The Morgan fingerprint density at radius 2 is 2.06 bits per heavy atom. The maximum atomic E-state index is 11.5. The second-order valence-corrected chi connectivity index (χ2v) is 3.85. The number of hydrogen-bond acceptors (Lipinski definition) is 2. The Labute approximate surface area is 108 Å². The SMILES string of the molecule is CCNC(=O)N(C)Cc1ccc(C#CCO)cc1. The molecule has 0 heterocycles. The molecule has 0 aliphatic rings. The molecule has 2 N–H and O–H groups in total. The van der Waals surface area contributed by atoms with Crippen LogP contribution in [0.3, 0.4) is 0 Å². The van der Waals surface area contributed by atoms with Gasteiger partial charge < -0.3 is 15.3 Å². The van der Waals surface area contributed by atoms with Gasteiger partial charge in [-0.05, 0) is 24.6 Å². The summed E-state index contributed by atoms with van der Waals surface area (Å²) in [6, 6.07) is 7.53. The Kier molecular flexibility index (Phi) is 5.75. The predicted octanol–water partition coefficient (Wildman–Crippen LogP) is 1.19. The highest BCUT2D eigenvalue weighted by Gasteiger charge is 2.06. The smallest absolute Gasteiger partial charge is 0.317 e. The molecule has 0 saturated carbocycles. The molecule has 1 aromatic carbocycles. The zero-order valence-electron chi connectivity index (χ0n) is 10.7. The average molecular weight is 246 g/mol. The third kappa shape index (κ3) is 4.48. The Morgan fingerprint density at radius 3 is 2.61 bits per heavy atom. The Balaban J connectivity index is 2.60. The number of urea groups is 1. The standard InChI is InChI=1S/C14H18N2O2/c1-3-15-14(18)16(2)11-13-8-6-12(7-9-13)5-4-10-17/h6-9,17H,3,10-11H2,1-2H3,(H,15,18). The number of nitrogens with one attached hydrogen (secondary N) is 1. The number of hydrogen-bond donors (Lipinski definition) is 2. The molecular formula is C14H18N2O2. The van der Waals surface area contributed by atoms with E-state index in [9.17, 15) is 4.79 Å². The lowest BCUT2D eigenvalue weighted by molar-refractivity contribution is 0.207. The van der Waals surface area contributed by atoms with Crippen molar-refractivity contribution in [3.8, 4) is 11.8 Å². The first-order chi connectivity index (χ1) is 8.67. The summed E-state index contributed by atoms with van der Waals surface area (Å²) in [5, 5.41) is 11.3. The highest BCUT2D eigenvalue weighted by atomic mass is 16.2. The fraction of sp³-hybridized carbons (Fsp3) is 0.357. The molecule has 0 radical (unpaired) electrons. The van der Waals surface area contributed by atoms with Gasteiger partial charge in [0, 0.05) is 25.7 Å². The van der Waals surface area contributed by atoms with Crippen molar-refractivity contribution in [3.63, 3.8) is 0 Å². The van der Waals surface area contributed by atoms with E-state index in [-0.39, 0.29) is 12.6 Å². The largest absolute Gasteiger partial charge is 0.384 e. The Hall–Kier alpha value is -1.99. The monoisotopic (exact) mass is 246 g/mol. The van der Waals surface area contributed by atoms with Gasteiger partial charge in [-0.25, -0.2) is 4.79 Å². The van der Waals surface area contributed by atoms with Gasteiger partial charge >= 0.3 is 6.03 Å². The zero-order chi connectivity index (χ0) is 13.4. The lowest BCUT2D eigenvalue weighted by Crippen LogP contribution is -2.36. The number of amides is 2. The first-order valence-electron chi connectivity index (χ1n) is 5.85. The third-order valence-corrected chi connectivity index (χ3v) is 2.36. The van der Waals surface area contributed by atoms with Crippen molar-refractivity contribution in [3.05, 3.63) is 35.4 Å². The summed E-state index contributed by atoms with van der Waals surface area (Å²) in [5.41, 5.74) is 1.90. The van der Waals surface area contributed by atoms with Crippen LogP contribution in [0.2, 0.25) is 0 Å². The second-order valence-electron chi connectivity index (χ2n) is 3.85. The van der Waals surface area contributed by atoms with Crippen molar-refractivity contribution in [1.29, 1.82) is 0 Å². The topological polar surface area (TPSA) is 52.6 Å². The molecule has 1 rings (SSSR count). The summed E-state index contributed by atoms with van der Waals surface area (Å²) < 4.78 is 0. The first kappa shape index (κ1) is 14.1. The second kappa shape index (κ2) is 7.36. The molecule has 96 valence electrons. The van der Waals surface area contributed by atoms with E-state index in [1.54, 1.807) is 11.9 Å². The van der Waals surface area contributed by atoms with E-state index in [4.69, 9.17) is 5.11 Å². The van der Waals surface area contributed by atoms with Crippen LogP contribution in [0.4, 0.5) is 4.79 Å². The predicted molar refractivity (Wildman–Crippen MR) is 70.9 cm³/mol. The number of nitrogens with zero attached hydrogens (tertiary/aromatic N) is 1. The van der Waals surface area contributed by atoms with Gasteiger partial charge in [0.05, 0.1) is 0 Å². The van der Waals surface area contributed by atoms with Crippen molar-refractivity contribution in [1.82, 2.24) is 10.2 Å². The van der Waals surface area contributed by atoms with Crippen LogP contribution in [-0.4, -0.2) is 36.2 Å². The maximum absolute atomic E-state index is 11.5. The minimum absolute atomic E-state index is 0.0818. The number of rotatable bonds is 3. The number of benzene rings is 1. The maximum Gasteiger partial charge on any atom is 0.317 e. The molecule has 4 heteroatoms. The Bertz CT molecular complexity index is 443. The van der Waals surface area contributed by atoms with Gasteiger partial charge in [-0.3, -0.25) is 0 Å². The van der Waals surface area contributed by atoms with E-state index in [2.05, 4.69) is 17.2 Å². The summed E-state index contributed by atoms with van der Waals surface area (Å²) in [4.78, 5) is 13.1. The molecular weight excluding hydrogens is 228 g/mol. The average Bonchev–Trinajstić information content (AvgIpc) is 2.38. The van der Waals surface area contributed by atoms with Gasteiger partial charge in [-0.2, -0.15) is 0 Å². The van der Waals surface area contributed by atoms with Gasteiger partial charge in [-0.15, -0.1) is 0 Å². The molecule has 0 atom stereocenters. The molecule has 4 nitrogen and oxygen atoms in total. The summed E-state index contributed by atoms with van der Waals surface area (Å²) in [6.45, 7) is 2.93. The lowest BCUT2D eigenvalue weighted by Gasteiger charge is -2.17. The summed E-state index contributed by atoms with van der Waals surface area (Å²) in [6.07, 6.45) is 0. The molecule has 0 saturated heterocycles. The molecule has 0 fully saturated rings. The lowest BCUT2D eigenvalue weighted by atomic mass is 10.1. The molecule has 18 heavy (non-hydrogen) atoms. The van der Waals surface area contributed by atoms with E-state index in [0.717, 1.165) is 11.1 Å². The minimum Gasteiger partial charge on any atom is -0.384 e.